The first kappa shape index (κ1) is 21.2. The maximum atomic E-state index is 10.7. The van der Waals surface area contributed by atoms with Crippen molar-refractivity contribution in [3.8, 4) is 39.1 Å². The van der Waals surface area contributed by atoms with E-state index in [-0.39, 0.29) is 0 Å². The molecular weight excluding hydrogens is 428 g/mol. The monoisotopic (exact) mass is 454 g/mol. The molecule has 0 aliphatic carbocycles. The van der Waals surface area contributed by atoms with Gasteiger partial charge in [0, 0.05) is 16.3 Å². The maximum absolute atomic E-state index is 10.7. The summed E-state index contributed by atoms with van der Waals surface area (Å²) in [5.41, 5.74) is 11.8. The van der Waals surface area contributed by atoms with E-state index < -0.39 is 0 Å². The summed E-state index contributed by atoms with van der Waals surface area (Å²) in [5.74, 6) is 0.297. The summed E-state index contributed by atoms with van der Waals surface area (Å²) >= 11 is 0. The van der Waals surface area contributed by atoms with E-state index in [0.717, 1.165) is 60.9 Å². The third-order valence-electron chi connectivity index (χ3n) is 6.83. The number of phenolic OH excluding ortho intramolecular Hbond substituents is 1. The number of rotatable bonds is 3. The van der Waals surface area contributed by atoms with E-state index in [1.54, 1.807) is 6.07 Å². The van der Waals surface area contributed by atoms with Gasteiger partial charge in [-0.2, -0.15) is 0 Å². The van der Waals surface area contributed by atoms with Gasteiger partial charge in [0.25, 0.3) is 0 Å². The van der Waals surface area contributed by atoms with Gasteiger partial charge < -0.3 is 9.52 Å². The minimum absolute atomic E-state index is 0.297. The van der Waals surface area contributed by atoms with Gasteiger partial charge in [0.05, 0.1) is 0 Å². The summed E-state index contributed by atoms with van der Waals surface area (Å²) in [4.78, 5) is 0. The lowest BCUT2D eigenvalue weighted by atomic mass is 9.93. The molecule has 6 rings (SSSR count). The average molecular weight is 455 g/mol. The van der Waals surface area contributed by atoms with E-state index in [4.69, 9.17) is 4.42 Å². The number of fused-ring (bicyclic) bond motifs is 3. The van der Waals surface area contributed by atoms with Gasteiger partial charge in [-0.1, -0.05) is 65.7 Å². The summed E-state index contributed by atoms with van der Waals surface area (Å²) in [7, 11) is 0. The molecule has 0 fully saturated rings. The minimum Gasteiger partial charge on any atom is -0.507 e. The third-order valence-corrected chi connectivity index (χ3v) is 6.83. The molecule has 1 aromatic heterocycles. The molecule has 2 nitrogen and oxygen atoms in total. The normalized spacial score (nSPS) is 11.4. The van der Waals surface area contributed by atoms with Crippen molar-refractivity contribution < 1.29 is 9.52 Å². The number of aromatic hydroxyl groups is 1. The molecular formula is C33H26O2. The second-order valence-corrected chi connectivity index (χ2v) is 9.44. The molecule has 6 aromatic rings. The van der Waals surface area contributed by atoms with Gasteiger partial charge in [-0.25, -0.2) is 0 Å². The SMILES string of the molecule is Cc1ccc(C)c(-c2cc(-c3cccc(-c4ccc5oc6ccc(C)cc6c5c4)c3)ccc2O)c1. The molecule has 2 heteroatoms. The molecule has 0 unspecified atom stereocenters. The van der Waals surface area contributed by atoms with Crippen LogP contribution in [-0.2, 0) is 0 Å². The van der Waals surface area contributed by atoms with Crippen LogP contribution in [0.25, 0.3) is 55.3 Å². The first-order valence-electron chi connectivity index (χ1n) is 11.9. The molecule has 35 heavy (non-hydrogen) atoms. The van der Waals surface area contributed by atoms with Crippen LogP contribution in [0.4, 0.5) is 0 Å². The number of benzene rings is 5. The van der Waals surface area contributed by atoms with Gasteiger partial charge in [0.1, 0.15) is 16.9 Å². The van der Waals surface area contributed by atoms with E-state index in [0.29, 0.717) is 5.75 Å². The standard InChI is InChI=1S/C33H26O2/c1-20-7-9-22(3)27(15-20)28-18-25(10-12-31(28)34)23-5-4-6-24(17-23)26-11-14-33-30(19-26)29-16-21(2)8-13-32(29)35-33/h4-19,34H,1-3H3. The highest BCUT2D eigenvalue weighted by atomic mass is 16.3. The van der Waals surface area contributed by atoms with Crippen molar-refractivity contribution in [1.82, 2.24) is 0 Å². The Kier molecular flexibility index (Phi) is 4.96. The summed E-state index contributed by atoms with van der Waals surface area (Å²) < 4.78 is 6.05. The van der Waals surface area contributed by atoms with Crippen LogP contribution in [0.3, 0.4) is 0 Å². The van der Waals surface area contributed by atoms with Crippen molar-refractivity contribution in [3.05, 3.63) is 114 Å². The smallest absolute Gasteiger partial charge is 0.135 e. The van der Waals surface area contributed by atoms with Crippen molar-refractivity contribution in [1.29, 1.82) is 0 Å². The molecule has 0 saturated carbocycles. The first-order valence-corrected chi connectivity index (χ1v) is 11.9. The molecule has 0 atom stereocenters. The van der Waals surface area contributed by atoms with Gasteiger partial charge >= 0.3 is 0 Å². The summed E-state index contributed by atoms with van der Waals surface area (Å²) in [6.07, 6.45) is 0. The van der Waals surface area contributed by atoms with E-state index in [2.05, 4.69) is 99.6 Å². The zero-order valence-corrected chi connectivity index (χ0v) is 20.1. The molecule has 0 spiro atoms. The highest BCUT2D eigenvalue weighted by Crippen LogP contribution is 2.37. The zero-order chi connectivity index (χ0) is 24.1. The molecule has 0 aliphatic rings. The fraction of sp³-hybridized carbons (Fsp3) is 0.0909. The third kappa shape index (κ3) is 3.77. The lowest BCUT2D eigenvalue weighted by Crippen LogP contribution is -1.88. The van der Waals surface area contributed by atoms with Crippen molar-refractivity contribution in [2.45, 2.75) is 20.8 Å². The van der Waals surface area contributed by atoms with E-state index in [1.807, 2.05) is 12.1 Å². The zero-order valence-electron chi connectivity index (χ0n) is 20.1. The summed E-state index contributed by atoms with van der Waals surface area (Å²) in [6, 6.07) is 33.5. The molecule has 1 N–H and O–H groups in total. The second-order valence-electron chi connectivity index (χ2n) is 9.44. The number of aryl methyl sites for hydroxylation is 3. The first-order chi connectivity index (χ1) is 17.0. The largest absolute Gasteiger partial charge is 0.507 e. The van der Waals surface area contributed by atoms with Gasteiger partial charge in [-0.05, 0) is 96.6 Å². The predicted molar refractivity (Wildman–Crippen MR) is 146 cm³/mol. The topological polar surface area (TPSA) is 33.4 Å². The van der Waals surface area contributed by atoms with E-state index in [1.165, 1.54) is 11.1 Å². The Morgan fingerprint density at radius 3 is 1.91 bits per heavy atom. The van der Waals surface area contributed by atoms with E-state index in [9.17, 15) is 5.11 Å². The quantitative estimate of drug-likeness (QED) is 0.289. The average Bonchev–Trinajstić information content (AvgIpc) is 3.23. The Balaban J connectivity index is 1.45. The van der Waals surface area contributed by atoms with Crippen molar-refractivity contribution in [2.24, 2.45) is 0 Å². The van der Waals surface area contributed by atoms with Crippen molar-refractivity contribution in [3.63, 3.8) is 0 Å². The highest BCUT2D eigenvalue weighted by Gasteiger charge is 2.12. The van der Waals surface area contributed by atoms with Gasteiger partial charge in [0.2, 0.25) is 0 Å². The Bertz CT molecular complexity index is 1740. The lowest BCUT2D eigenvalue weighted by Gasteiger charge is -2.12. The maximum Gasteiger partial charge on any atom is 0.135 e. The number of furan rings is 1. The second kappa shape index (κ2) is 8.18. The van der Waals surface area contributed by atoms with Crippen LogP contribution >= 0.6 is 0 Å². The number of phenols is 1. The number of hydrogen-bond donors (Lipinski definition) is 1. The number of hydrogen-bond acceptors (Lipinski definition) is 2. The fourth-order valence-corrected chi connectivity index (χ4v) is 4.91. The fourth-order valence-electron chi connectivity index (χ4n) is 4.91. The van der Waals surface area contributed by atoms with E-state index >= 15 is 0 Å². The Labute approximate surface area is 205 Å². The van der Waals surface area contributed by atoms with Crippen molar-refractivity contribution in [2.75, 3.05) is 0 Å². The molecule has 5 aromatic carbocycles. The summed E-state index contributed by atoms with van der Waals surface area (Å²) in [6.45, 7) is 6.27. The molecule has 0 amide bonds. The van der Waals surface area contributed by atoms with Gasteiger partial charge in [0.15, 0.2) is 0 Å². The van der Waals surface area contributed by atoms with Crippen LogP contribution in [0.2, 0.25) is 0 Å². The van der Waals surface area contributed by atoms with Crippen LogP contribution in [0.1, 0.15) is 16.7 Å². The van der Waals surface area contributed by atoms with Gasteiger partial charge in [-0.15, -0.1) is 0 Å². The molecule has 0 bridgehead atoms. The Morgan fingerprint density at radius 1 is 0.514 bits per heavy atom. The van der Waals surface area contributed by atoms with Crippen LogP contribution in [0.15, 0.2) is 101 Å². The molecule has 170 valence electrons. The Morgan fingerprint density at radius 2 is 1.11 bits per heavy atom. The van der Waals surface area contributed by atoms with Crippen LogP contribution in [-0.4, -0.2) is 5.11 Å². The van der Waals surface area contributed by atoms with Crippen LogP contribution in [0, 0.1) is 20.8 Å². The van der Waals surface area contributed by atoms with Crippen LogP contribution < -0.4 is 0 Å². The molecule has 0 saturated heterocycles. The molecule has 0 radical (unpaired) electrons. The lowest BCUT2D eigenvalue weighted by molar-refractivity contribution is 0.477. The molecule has 1 heterocycles. The Hall–Kier alpha value is -4.30. The highest BCUT2D eigenvalue weighted by molar-refractivity contribution is 6.06. The molecule has 0 aliphatic heterocycles. The summed E-state index contributed by atoms with van der Waals surface area (Å²) in [5, 5.41) is 12.9. The van der Waals surface area contributed by atoms with Crippen molar-refractivity contribution >= 4 is 21.9 Å². The van der Waals surface area contributed by atoms with Crippen LogP contribution in [0.5, 0.6) is 5.75 Å². The predicted octanol–water partition coefficient (Wildman–Crippen LogP) is 9.22. The minimum atomic E-state index is 0.297. The van der Waals surface area contributed by atoms with Gasteiger partial charge in [-0.3, -0.25) is 0 Å².